The predicted molar refractivity (Wildman–Crippen MR) is 112 cm³/mol. The number of primary amides is 1. The van der Waals surface area contributed by atoms with E-state index in [9.17, 15) is 14.7 Å². The molecule has 1 aromatic carbocycles. The van der Waals surface area contributed by atoms with Gasteiger partial charge in [-0.25, -0.2) is 14.6 Å². The van der Waals surface area contributed by atoms with Crippen LogP contribution in [0.15, 0.2) is 42.6 Å². The Bertz CT molecular complexity index is 1260. The second kappa shape index (κ2) is 7.66. The minimum absolute atomic E-state index is 0.0542. The molecule has 1 fully saturated rings. The van der Waals surface area contributed by atoms with Gasteiger partial charge in [0, 0.05) is 43.4 Å². The Morgan fingerprint density at radius 3 is 2.71 bits per heavy atom. The van der Waals surface area contributed by atoms with Gasteiger partial charge in [-0.3, -0.25) is 9.59 Å². The highest BCUT2D eigenvalue weighted by Crippen LogP contribution is 2.22. The van der Waals surface area contributed by atoms with Gasteiger partial charge in [0.2, 0.25) is 5.60 Å². The van der Waals surface area contributed by atoms with Crippen molar-refractivity contribution < 1.29 is 14.7 Å². The Morgan fingerprint density at radius 2 is 2.06 bits per heavy atom. The fraction of sp³-hybridized carbons (Fsp3) is 0.227. The second-order valence-electron chi connectivity index (χ2n) is 7.37. The number of aliphatic hydroxyl groups is 1. The normalized spacial score (nSPS) is 18.0. The Balaban J connectivity index is 1.73. The molecule has 1 atom stereocenters. The number of benzene rings is 1. The molecule has 2 amide bonds. The van der Waals surface area contributed by atoms with Crippen LogP contribution < -0.4 is 5.73 Å². The standard InChI is InChI=1S/C22H20N6O3/c1-14-7-10-28(26-14)18-13-17(19(23)29)24-20(25-18)16-5-3-4-15(12-16)6-8-22(31)9-11-27(2)21(22)30/h3-5,7,10,12-13,31H,9,11H2,1-2H3,(H2,23,29). The molecule has 1 aliphatic heterocycles. The van der Waals surface area contributed by atoms with Crippen molar-refractivity contribution in [1.82, 2.24) is 24.6 Å². The lowest BCUT2D eigenvalue weighted by Gasteiger charge is -2.13. The van der Waals surface area contributed by atoms with Crippen molar-refractivity contribution in [2.24, 2.45) is 5.73 Å². The van der Waals surface area contributed by atoms with Crippen molar-refractivity contribution in [3.8, 4) is 29.0 Å². The molecule has 1 aliphatic rings. The van der Waals surface area contributed by atoms with Crippen molar-refractivity contribution in [3.63, 3.8) is 0 Å². The van der Waals surface area contributed by atoms with Crippen LogP contribution in [0.1, 0.15) is 28.2 Å². The highest BCUT2D eigenvalue weighted by Gasteiger charge is 2.42. The first-order valence-corrected chi connectivity index (χ1v) is 9.58. The van der Waals surface area contributed by atoms with Gasteiger partial charge < -0.3 is 15.7 Å². The summed E-state index contributed by atoms with van der Waals surface area (Å²) >= 11 is 0. The number of aromatic nitrogens is 4. The number of carbonyl (C=O) groups is 2. The van der Waals surface area contributed by atoms with Crippen LogP contribution in [0.25, 0.3) is 17.2 Å². The van der Waals surface area contributed by atoms with E-state index in [1.165, 1.54) is 15.6 Å². The van der Waals surface area contributed by atoms with Gasteiger partial charge in [-0.05, 0) is 25.1 Å². The molecule has 156 valence electrons. The average Bonchev–Trinajstić information content (AvgIpc) is 3.31. The van der Waals surface area contributed by atoms with E-state index in [1.807, 2.05) is 13.0 Å². The maximum Gasteiger partial charge on any atom is 0.267 e. The summed E-state index contributed by atoms with van der Waals surface area (Å²) < 4.78 is 1.54. The largest absolute Gasteiger partial charge is 0.369 e. The van der Waals surface area contributed by atoms with Crippen molar-refractivity contribution in [2.45, 2.75) is 18.9 Å². The van der Waals surface area contributed by atoms with Crippen molar-refractivity contribution in [2.75, 3.05) is 13.6 Å². The van der Waals surface area contributed by atoms with Crippen molar-refractivity contribution in [3.05, 3.63) is 59.5 Å². The molecule has 2 aromatic heterocycles. The summed E-state index contributed by atoms with van der Waals surface area (Å²) in [5, 5.41) is 14.8. The van der Waals surface area contributed by atoms with Gasteiger partial charge in [0.05, 0.1) is 5.69 Å². The van der Waals surface area contributed by atoms with Gasteiger partial charge in [-0.1, -0.05) is 24.0 Å². The lowest BCUT2D eigenvalue weighted by molar-refractivity contribution is -0.137. The maximum atomic E-state index is 12.1. The molecule has 1 saturated heterocycles. The summed E-state index contributed by atoms with van der Waals surface area (Å²) in [7, 11) is 1.63. The fourth-order valence-corrected chi connectivity index (χ4v) is 3.23. The zero-order chi connectivity index (χ0) is 22.2. The summed E-state index contributed by atoms with van der Waals surface area (Å²) in [6, 6.07) is 10.3. The van der Waals surface area contributed by atoms with Gasteiger partial charge >= 0.3 is 0 Å². The summed E-state index contributed by atoms with van der Waals surface area (Å²) in [5.74, 6) is 5.13. The molecular formula is C22H20N6O3. The van der Waals surface area contributed by atoms with Crippen LogP contribution in [-0.4, -0.2) is 60.8 Å². The lowest BCUT2D eigenvalue weighted by atomic mass is 10.0. The van der Waals surface area contributed by atoms with E-state index in [2.05, 4.69) is 26.9 Å². The third-order valence-electron chi connectivity index (χ3n) is 4.97. The van der Waals surface area contributed by atoms with E-state index >= 15 is 0 Å². The smallest absolute Gasteiger partial charge is 0.267 e. The molecule has 1 unspecified atom stereocenters. The Hall–Kier alpha value is -4.03. The predicted octanol–water partition coefficient (Wildman–Crippen LogP) is 0.681. The summed E-state index contributed by atoms with van der Waals surface area (Å²) in [5.41, 5.74) is 5.79. The highest BCUT2D eigenvalue weighted by atomic mass is 16.3. The summed E-state index contributed by atoms with van der Waals surface area (Å²) in [4.78, 5) is 34.1. The minimum atomic E-state index is -1.68. The second-order valence-corrected chi connectivity index (χ2v) is 7.37. The number of hydrogen-bond donors (Lipinski definition) is 2. The number of nitrogens with zero attached hydrogens (tertiary/aromatic N) is 5. The van der Waals surface area contributed by atoms with Gasteiger partial charge in [0.25, 0.3) is 11.8 Å². The van der Waals surface area contributed by atoms with E-state index in [0.717, 1.165) is 5.69 Å². The average molecular weight is 416 g/mol. The molecule has 0 saturated carbocycles. The van der Waals surface area contributed by atoms with Crippen LogP contribution in [0, 0.1) is 18.8 Å². The molecule has 0 aliphatic carbocycles. The summed E-state index contributed by atoms with van der Waals surface area (Å²) in [6.07, 6.45) is 1.98. The number of amides is 2. The number of nitrogens with two attached hydrogens (primary N) is 1. The first kappa shape index (κ1) is 20.3. The lowest BCUT2D eigenvalue weighted by Crippen LogP contribution is -2.37. The van der Waals surface area contributed by atoms with E-state index in [4.69, 9.17) is 5.73 Å². The zero-order valence-corrected chi connectivity index (χ0v) is 17.0. The first-order chi connectivity index (χ1) is 14.7. The fourth-order valence-electron chi connectivity index (χ4n) is 3.23. The first-order valence-electron chi connectivity index (χ1n) is 9.58. The Kier molecular flexibility index (Phi) is 5.01. The highest BCUT2D eigenvalue weighted by molar-refractivity contribution is 5.92. The third-order valence-corrected chi connectivity index (χ3v) is 4.97. The molecule has 31 heavy (non-hydrogen) atoms. The van der Waals surface area contributed by atoms with Crippen molar-refractivity contribution in [1.29, 1.82) is 0 Å². The van der Waals surface area contributed by atoms with Crippen LogP contribution in [0.2, 0.25) is 0 Å². The van der Waals surface area contributed by atoms with E-state index in [1.54, 1.807) is 37.5 Å². The number of carbonyl (C=O) groups excluding carboxylic acids is 2. The van der Waals surface area contributed by atoms with Gasteiger partial charge in [-0.2, -0.15) is 5.10 Å². The van der Waals surface area contributed by atoms with Crippen LogP contribution in [-0.2, 0) is 4.79 Å². The Labute approximate surface area is 178 Å². The molecule has 0 bridgehead atoms. The van der Waals surface area contributed by atoms with Crippen LogP contribution in [0.4, 0.5) is 0 Å². The van der Waals surface area contributed by atoms with Gasteiger partial charge in [0.15, 0.2) is 11.6 Å². The number of likely N-dealkylation sites (tertiary alicyclic amines) is 1. The van der Waals surface area contributed by atoms with Gasteiger partial charge in [-0.15, -0.1) is 0 Å². The molecule has 9 nitrogen and oxygen atoms in total. The van der Waals surface area contributed by atoms with E-state index in [-0.39, 0.29) is 17.9 Å². The number of rotatable bonds is 3. The van der Waals surface area contributed by atoms with Gasteiger partial charge in [0.1, 0.15) is 5.69 Å². The minimum Gasteiger partial charge on any atom is -0.369 e. The molecule has 9 heteroatoms. The molecule has 3 heterocycles. The molecule has 4 rings (SSSR count). The maximum absolute atomic E-state index is 12.1. The molecule has 3 N–H and O–H groups in total. The quantitative estimate of drug-likeness (QED) is 0.605. The molecular weight excluding hydrogens is 396 g/mol. The Morgan fingerprint density at radius 1 is 1.26 bits per heavy atom. The van der Waals surface area contributed by atoms with Crippen LogP contribution in [0.3, 0.4) is 0 Å². The molecule has 0 spiro atoms. The molecule has 3 aromatic rings. The zero-order valence-electron chi connectivity index (χ0n) is 17.0. The molecule has 0 radical (unpaired) electrons. The number of hydrogen-bond acceptors (Lipinski definition) is 6. The number of likely N-dealkylation sites (N-methyl/N-ethyl adjacent to an activating group) is 1. The SMILES string of the molecule is Cc1ccn(-c2cc(C(N)=O)nc(-c3cccc(C#CC4(O)CCN(C)C4=O)c3)n2)n1. The third kappa shape index (κ3) is 4.01. The van der Waals surface area contributed by atoms with Crippen molar-refractivity contribution >= 4 is 11.8 Å². The van der Waals surface area contributed by atoms with E-state index < -0.39 is 17.4 Å². The monoisotopic (exact) mass is 416 g/mol. The summed E-state index contributed by atoms with van der Waals surface area (Å²) in [6.45, 7) is 2.30. The topological polar surface area (TPSA) is 127 Å². The number of aryl methyl sites for hydroxylation is 1. The van der Waals surface area contributed by atoms with Crippen LogP contribution in [0.5, 0.6) is 0 Å². The van der Waals surface area contributed by atoms with E-state index in [0.29, 0.717) is 23.5 Å². The van der Waals surface area contributed by atoms with Crippen LogP contribution >= 0.6 is 0 Å².